The zero-order valence-electron chi connectivity index (χ0n) is 11.7. The average molecular weight is 340 g/mol. The zero-order valence-corrected chi connectivity index (χ0v) is 11.7. The number of phenolic OH excluding ortho intramolecular Hbond substituents is 2. The number of ether oxygens (including phenoxy) is 1. The topological polar surface area (TPSA) is 66.8 Å². The predicted octanol–water partition coefficient (Wildman–Crippen LogP) is 3.87. The molecule has 2 N–H and O–H groups in total. The summed E-state index contributed by atoms with van der Waals surface area (Å²) in [7, 11) is 0. The van der Waals surface area contributed by atoms with Crippen LogP contribution in [0.15, 0.2) is 36.1 Å². The third-order valence-corrected chi connectivity index (χ3v) is 3.41. The van der Waals surface area contributed by atoms with E-state index >= 15 is 0 Å². The highest BCUT2D eigenvalue weighted by atomic mass is 19.4. The van der Waals surface area contributed by atoms with E-state index in [2.05, 4.69) is 0 Å². The lowest BCUT2D eigenvalue weighted by Crippen LogP contribution is -2.09. The van der Waals surface area contributed by atoms with Gasteiger partial charge in [-0.05, 0) is 24.3 Å². The normalized spacial score (nSPS) is 15.5. The van der Waals surface area contributed by atoms with Gasteiger partial charge in [0.25, 0.3) is 0 Å². The molecule has 2 aromatic carbocycles. The van der Waals surface area contributed by atoms with E-state index in [1.54, 1.807) is 0 Å². The molecular formula is C16H8F4O4. The molecule has 0 aromatic heterocycles. The molecule has 3 rings (SSSR count). The number of ketones is 1. The zero-order chi connectivity index (χ0) is 17.6. The van der Waals surface area contributed by atoms with Gasteiger partial charge in [0.1, 0.15) is 5.82 Å². The molecule has 1 heterocycles. The first-order valence-electron chi connectivity index (χ1n) is 6.55. The monoisotopic (exact) mass is 340 g/mol. The van der Waals surface area contributed by atoms with E-state index in [9.17, 15) is 32.6 Å². The van der Waals surface area contributed by atoms with E-state index in [4.69, 9.17) is 4.74 Å². The molecule has 2 aromatic rings. The fourth-order valence-electron chi connectivity index (χ4n) is 2.25. The second kappa shape index (κ2) is 5.26. The number of aromatic hydroxyl groups is 2. The highest BCUT2D eigenvalue weighted by Gasteiger charge is 2.35. The van der Waals surface area contributed by atoms with Crippen LogP contribution in [-0.4, -0.2) is 16.0 Å². The van der Waals surface area contributed by atoms with Crippen LogP contribution in [0.25, 0.3) is 6.08 Å². The Morgan fingerprint density at radius 2 is 1.79 bits per heavy atom. The van der Waals surface area contributed by atoms with Crippen molar-refractivity contribution >= 4 is 11.9 Å². The minimum absolute atomic E-state index is 0.0936. The fourth-order valence-corrected chi connectivity index (χ4v) is 2.25. The molecule has 0 amide bonds. The molecule has 0 saturated heterocycles. The molecule has 0 unspecified atom stereocenters. The first-order valence-corrected chi connectivity index (χ1v) is 6.55. The Hall–Kier alpha value is -3.03. The predicted molar refractivity (Wildman–Crippen MR) is 74.1 cm³/mol. The van der Waals surface area contributed by atoms with Gasteiger partial charge in [-0.25, -0.2) is 4.39 Å². The number of benzene rings is 2. The number of allylic oxidation sites excluding steroid dienone is 1. The number of Topliss-reactive ketones (excluding diaryl/α,β-unsaturated/α-hetero) is 1. The smallest absolute Gasteiger partial charge is 0.419 e. The summed E-state index contributed by atoms with van der Waals surface area (Å²) >= 11 is 0. The summed E-state index contributed by atoms with van der Waals surface area (Å²) in [6.45, 7) is 0. The van der Waals surface area contributed by atoms with E-state index in [1.807, 2.05) is 0 Å². The van der Waals surface area contributed by atoms with E-state index in [1.165, 1.54) is 6.07 Å². The lowest BCUT2D eigenvalue weighted by atomic mass is 10.1. The molecule has 1 aliphatic heterocycles. The number of hydrogen-bond acceptors (Lipinski definition) is 4. The maximum absolute atomic E-state index is 14.0. The van der Waals surface area contributed by atoms with Gasteiger partial charge in [0.2, 0.25) is 11.5 Å². The maximum atomic E-state index is 14.0. The van der Waals surface area contributed by atoms with Crippen LogP contribution in [0.4, 0.5) is 17.6 Å². The summed E-state index contributed by atoms with van der Waals surface area (Å²) in [5, 5.41) is 19.0. The molecule has 8 heteroatoms. The van der Waals surface area contributed by atoms with Crippen molar-refractivity contribution in [3.05, 3.63) is 58.6 Å². The minimum Gasteiger partial charge on any atom is -0.504 e. The van der Waals surface area contributed by atoms with Crippen molar-refractivity contribution in [2.24, 2.45) is 0 Å². The Morgan fingerprint density at radius 3 is 2.46 bits per heavy atom. The average Bonchev–Trinajstić information content (AvgIpc) is 2.81. The Bertz CT molecular complexity index is 884. The fraction of sp³-hybridized carbons (Fsp3) is 0.0625. The van der Waals surface area contributed by atoms with Gasteiger partial charge in [0.05, 0.1) is 11.1 Å². The summed E-state index contributed by atoms with van der Waals surface area (Å²) in [6.07, 6.45) is -4.07. The van der Waals surface area contributed by atoms with E-state index < -0.39 is 46.2 Å². The number of phenols is 2. The lowest BCUT2D eigenvalue weighted by molar-refractivity contribution is -0.140. The standard InChI is InChI=1S/C16H8F4O4/c17-12-7(2-1-3-9(12)16(18,19)20)6-11-13(22)8-4-5-10(21)14(23)15(8)24-11/h1-6,21,23H. The summed E-state index contributed by atoms with van der Waals surface area (Å²) < 4.78 is 57.2. The lowest BCUT2D eigenvalue weighted by Gasteiger charge is -2.09. The van der Waals surface area contributed by atoms with Gasteiger partial charge in [-0.1, -0.05) is 12.1 Å². The van der Waals surface area contributed by atoms with Crippen molar-refractivity contribution in [1.82, 2.24) is 0 Å². The van der Waals surface area contributed by atoms with Gasteiger partial charge in [-0.15, -0.1) is 0 Å². The van der Waals surface area contributed by atoms with E-state index in [-0.39, 0.29) is 11.3 Å². The van der Waals surface area contributed by atoms with Crippen LogP contribution in [0.2, 0.25) is 0 Å². The maximum Gasteiger partial charge on any atom is 0.419 e. The molecule has 0 fully saturated rings. The Balaban J connectivity index is 2.06. The number of alkyl halides is 3. The van der Waals surface area contributed by atoms with E-state index in [0.717, 1.165) is 24.3 Å². The third-order valence-electron chi connectivity index (χ3n) is 3.41. The number of hydrogen-bond donors (Lipinski definition) is 2. The van der Waals surface area contributed by atoms with Crippen LogP contribution in [0, 0.1) is 5.82 Å². The molecule has 0 bridgehead atoms. The summed E-state index contributed by atoms with van der Waals surface area (Å²) in [6, 6.07) is 4.86. The Kier molecular flexibility index (Phi) is 3.47. The van der Waals surface area contributed by atoms with E-state index in [0.29, 0.717) is 6.07 Å². The number of halogens is 4. The molecule has 124 valence electrons. The second-order valence-corrected chi connectivity index (χ2v) is 4.96. The SMILES string of the molecule is O=C1C(=Cc2cccc(C(F)(F)F)c2F)Oc2c1ccc(O)c2O. The van der Waals surface area contributed by atoms with Gasteiger partial charge < -0.3 is 14.9 Å². The Morgan fingerprint density at radius 1 is 1.08 bits per heavy atom. The molecular weight excluding hydrogens is 332 g/mol. The van der Waals surface area contributed by atoms with Gasteiger partial charge in [-0.2, -0.15) is 13.2 Å². The van der Waals surface area contributed by atoms with Crippen molar-refractivity contribution < 1.29 is 37.3 Å². The first-order chi connectivity index (χ1) is 11.2. The second-order valence-electron chi connectivity index (χ2n) is 4.96. The summed E-state index contributed by atoms with van der Waals surface area (Å²) in [5.41, 5.74) is -2.06. The third kappa shape index (κ3) is 2.45. The number of carbonyl (C=O) groups excluding carboxylic acids is 1. The summed E-state index contributed by atoms with van der Waals surface area (Å²) in [4.78, 5) is 12.1. The van der Waals surface area contributed by atoms with Gasteiger partial charge in [-0.3, -0.25) is 4.79 Å². The van der Waals surface area contributed by atoms with Gasteiger partial charge in [0, 0.05) is 5.56 Å². The number of rotatable bonds is 1. The van der Waals surface area contributed by atoms with Gasteiger partial charge in [0.15, 0.2) is 17.3 Å². The van der Waals surface area contributed by atoms with Crippen LogP contribution in [-0.2, 0) is 6.18 Å². The summed E-state index contributed by atoms with van der Waals surface area (Å²) in [5.74, 6) is -4.32. The Labute approximate surface area is 132 Å². The van der Waals surface area contributed by atoms with Gasteiger partial charge >= 0.3 is 6.18 Å². The highest BCUT2D eigenvalue weighted by molar-refractivity contribution is 6.15. The van der Waals surface area contributed by atoms with Crippen LogP contribution >= 0.6 is 0 Å². The van der Waals surface area contributed by atoms with Crippen LogP contribution in [0.3, 0.4) is 0 Å². The minimum atomic E-state index is -4.88. The van der Waals surface area contributed by atoms with Crippen molar-refractivity contribution in [2.45, 2.75) is 6.18 Å². The molecule has 0 saturated carbocycles. The number of carbonyl (C=O) groups is 1. The van der Waals surface area contributed by atoms with Crippen LogP contribution < -0.4 is 4.74 Å². The van der Waals surface area contributed by atoms with Crippen molar-refractivity contribution in [3.63, 3.8) is 0 Å². The molecule has 4 nitrogen and oxygen atoms in total. The van der Waals surface area contributed by atoms with Crippen LogP contribution in [0.1, 0.15) is 21.5 Å². The van der Waals surface area contributed by atoms with Crippen molar-refractivity contribution in [1.29, 1.82) is 0 Å². The largest absolute Gasteiger partial charge is 0.504 e. The van der Waals surface area contributed by atoms with Crippen molar-refractivity contribution in [3.8, 4) is 17.2 Å². The molecule has 0 aliphatic carbocycles. The van der Waals surface area contributed by atoms with Crippen LogP contribution in [0.5, 0.6) is 17.2 Å². The molecule has 0 radical (unpaired) electrons. The highest BCUT2D eigenvalue weighted by Crippen LogP contribution is 2.44. The van der Waals surface area contributed by atoms with Crippen molar-refractivity contribution in [2.75, 3.05) is 0 Å². The quantitative estimate of drug-likeness (QED) is 0.470. The first kappa shape index (κ1) is 15.9. The molecule has 24 heavy (non-hydrogen) atoms. The molecule has 0 spiro atoms. The molecule has 1 aliphatic rings. The number of fused-ring (bicyclic) bond motifs is 1. The molecule has 0 atom stereocenters.